The number of nitroso groups, excluding NO2 is 1. The second-order valence-corrected chi connectivity index (χ2v) is 3.23. The van der Waals surface area contributed by atoms with Crippen molar-refractivity contribution in [3.8, 4) is 0 Å². The minimum Gasteiger partial charge on any atom is -0.328 e. The van der Waals surface area contributed by atoms with Gasteiger partial charge in [0.05, 0.1) is 6.54 Å². The third-order valence-electron chi connectivity index (χ3n) is 2.34. The first-order valence-corrected chi connectivity index (χ1v) is 3.99. The monoisotopic (exact) mass is 157 g/mol. The summed E-state index contributed by atoms with van der Waals surface area (Å²) in [6.45, 7) is 1.37. The van der Waals surface area contributed by atoms with Gasteiger partial charge in [0.2, 0.25) is 0 Å². The summed E-state index contributed by atoms with van der Waals surface area (Å²) < 4.78 is 0. The molecule has 0 aromatic carbocycles. The van der Waals surface area contributed by atoms with Gasteiger partial charge >= 0.3 is 0 Å². The van der Waals surface area contributed by atoms with E-state index in [0.29, 0.717) is 6.54 Å². The van der Waals surface area contributed by atoms with Gasteiger partial charge in [0.15, 0.2) is 0 Å². The van der Waals surface area contributed by atoms with Gasteiger partial charge in [-0.25, -0.2) is 0 Å². The molecule has 64 valence electrons. The fourth-order valence-electron chi connectivity index (χ4n) is 1.50. The Morgan fingerprint density at radius 3 is 3.09 bits per heavy atom. The van der Waals surface area contributed by atoms with Crippen LogP contribution < -0.4 is 5.73 Å². The molecule has 2 atom stereocenters. The van der Waals surface area contributed by atoms with Crippen LogP contribution in [0.1, 0.15) is 12.8 Å². The molecule has 2 unspecified atom stereocenters. The van der Waals surface area contributed by atoms with Crippen molar-refractivity contribution in [3.05, 3.63) is 4.91 Å². The van der Waals surface area contributed by atoms with E-state index in [1.54, 1.807) is 0 Å². The molecule has 1 fully saturated rings. The van der Waals surface area contributed by atoms with E-state index in [2.05, 4.69) is 10.1 Å². The second-order valence-electron chi connectivity index (χ2n) is 3.23. The number of likely N-dealkylation sites (tertiary alicyclic amines) is 1. The molecule has 4 nitrogen and oxygen atoms in total. The van der Waals surface area contributed by atoms with Crippen LogP contribution in [-0.2, 0) is 0 Å². The van der Waals surface area contributed by atoms with E-state index in [1.165, 1.54) is 0 Å². The zero-order chi connectivity index (χ0) is 8.27. The molecule has 1 rings (SSSR count). The molecule has 0 spiro atoms. The third kappa shape index (κ3) is 2.24. The van der Waals surface area contributed by atoms with Crippen LogP contribution in [0.5, 0.6) is 0 Å². The summed E-state index contributed by atoms with van der Waals surface area (Å²) in [5.74, 6) is 0. The van der Waals surface area contributed by atoms with E-state index < -0.39 is 0 Å². The predicted octanol–water partition coefficient (Wildman–Crippen LogP) is 0.174. The zero-order valence-electron chi connectivity index (χ0n) is 6.86. The minimum atomic E-state index is 0.262. The molecule has 0 aliphatic carbocycles. The summed E-state index contributed by atoms with van der Waals surface area (Å²) in [6.07, 6.45) is 1.94. The van der Waals surface area contributed by atoms with Crippen LogP contribution >= 0.6 is 0 Å². The van der Waals surface area contributed by atoms with Gasteiger partial charge in [-0.15, -0.1) is 0 Å². The van der Waals surface area contributed by atoms with Crippen LogP contribution in [0.15, 0.2) is 5.18 Å². The van der Waals surface area contributed by atoms with Crippen LogP contribution in [0.2, 0.25) is 0 Å². The van der Waals surface area contributed by atoms with Gasteiger partial charge in [-0.2, -0.15) is 4.91 Å². The van der Waals surface area contributed by atoms with Gasteiger partial charge < -0.3 is 10.6 Å². The lowest BCUT2D eigenvalue weighted by Crippen LogP contribution is -2.46. The van der Waals surface area contributed by atoms with Crippen molar-refractivity contribution in [2.24, 2.45) is 10.9 Å². The molecule has 1 aliphatic heterocycles. The average Bonchev–Trinajstić information content (AvgIpc) is 1.98. The van der Waals surface area contributed by atoms with E-state index in [-0.39, 0.29) is 12.1 Å². The lowest BCUT2D eigenvalue weighted by Gasteiger charge is -2.33. The summed E-state index contributed by atoms with van der Waals surface area (Å²) in [4.78, 5) is 12.2. The van der Waals surface area contributed by atoms with E-state index in [9.17, 15) is 4.91 Å². The quantitative estimate of drug-likeness (QED) is 0.581. The van der Waals surface area contributed by atoms with Crippen molar-refractivity contribution in [2.75, 3.05) is 20.1 Å². The maximum Gasteiger partial charge on any atom is 0.0966 e. The van der Waals surface area contributed by atoms with Gasteiger partial charge in [-0.3, -0.25) is 0 Å². The summed E-state index contributed by atoms with van der Waals surface area (Å²) in [5.41, 5.74) is 5.75. The number of nitrogens with zero attached hydrogens (tertiary/aromatic N) is 2. The summed E-state index contributed by atoms with van der Waals surface area (Å²) in [6, 6.07) is 0.536. The number of likely N-dealkylation sites (N-methyl/N-ethyl adjacent to an activating group) is 1. The van der Waals surface area contributed by atoms with Crippen LogP contribution in [0.4, 0.5) is 0 Å². The molecular weight excluding hydrogens is 142 g/mol. The standard InChI is InChI=1S/C7H15N3O/c1-10-3-2-6(8)4-7(10)5-9-11/h6-7H,2-5,8H2,1H3. The molecule has 0 radical (unpaired) electrons. The largest absolute Gasteiger partial charge is 0.328 e. The van der Waals surface area contributed by atoms with Crippen LogP contribution in [-0.4, -0.2) is 37.1 Å². The fourth-order valence-corrected chi connectivity index (χ4v) is 1.50. The van der Waals surface area contributed by atoms with E-state index >= 15 is 0 Å². The smallest absolute Gasteiger partial charge is 0.0966 e. The molecule has 0 aromatic heterocycles. The molecule has 11 heavy (non-hydrogen) atoms. The highest BCUT2D eigenvalue weighted by molar-refractivity contribution is 4.82. The maximum absolute atomic E-state index is 10.0. The van der Waals surface area contributed by atoms with Gasteiger partial charge in [0.1, 0.15) is 0 Å². The molecule has 1 saturated heterocycles. The molecule has 0 aromatic rings. The Morgan fingerprint density at radius 2 is 2.45 bits per heavy atom. The van der Waals surface area contributed by atoms with Crippen molar-refractivity contribution >= 4 is 0 Å². The average molecular weight is 157 g/mol. The third-order valence-corrected chi connectivity index (χ3v) is 2.34. The van der Waals surface area contributed by atoms with Crippen molar-refractivity contribution < 1.29 is 0 Å². The van der Waals surface area contributed by atoms with Gasteiger partial charge in [-0.1, -0.05) is 5.18 Å². The SMILES string of the molecule is CN1CCC(N)CC1CN=O. The Hall–Kier alpha value is -0.480. The molecule has 1 aliphatic rings. The maximum atomic E-state index is 10.0. The zero-order valence-corrected chi connectivity index (χ0v) is 6.86. The van der Waals surface area contributed by atoms with Gasteiger partial charge in [-0.05, 0) is 26.4 Å². The number of hydrogen-bond acceptors (Lipinski definition) is 4. The first-order valence-electron chi connectivity index (χ1n) is 3.99. The Labute approximate surface area is 66.7 Å². The van der Waals surface area contributed by atoms with Crippen molar-refractivity contribution in [1.82, 2.24) is 4.90 Å². The van der Waals surface area contributed by atoms with E-state index in [4.69, 9.17) is 5.73 Å². The Morgan fingerprint density at radius 1 is 1.73 bits per heavy atom. The summed E-state index contributed by atoms with van der Waals surface area (Å²) >= 11 is 0. The van der Waals surface area contributed by atoms with E-state index in [1.807, 2.05) is 7.05 Å². The lowest BCUT2D eigenvalue weighted by atomic mass is 9.99. The van der Waals surface area contributed by atoms with Crippen LogP contribution in [0.25, 0.3) is 0 Å². The first kappa shape index (κ1) is 8.62. The van der Waals surface area contributed by atoms with Crippen LogP contribution in [0, 0.1) is 4.91 Å². The molecule has 2 N–H and O–H groups in total. The summed E-state index contributed by atoms with van der Waals surface area (Å²) in [7, 11) is 2.02. The molecule has 1 heterocycles. The molecule has 4 heteroatoms. The number of nitrogens with two attached hydrogens (primary N) is 1. The molecular formula is C7H15N3O. The first-order chi connectivity index (χ1) is 5.24. The highest BCUT2D eigenvalue weighted by Gasteiger charge is 2.23. The second kappa shape index (κ2) is 3.78. The van der Waals surface area contributed by atoms with Crippen molar-refractivity contribution in [2.45, 2.75) is 24.9 Å². The molecule has 0 bridgehead atoms. The van der Waals surface area contributed by atoms with E-state index in [0.717, 1.165) is 19.4 Å². The Balaban J connectivity index is 2.40. The highest BCUT2D eigenvalue weighted by Crippen LogP contribution is 2.14. The highest BCUT2D eigenvalue weighted by atomic mass is 16.3. The topological polar surface area (TPSA) is 58.7 Å². The minimum absolute atomic E-state index is 0.262. The van der Waals surface area contributed by atoms with Crippen LogP contribution in [0.3, 0.4) is 0 Å². The molecule has 0 amide bonds. The predicted molar refractivity (Wildman–Crippen MR) is 44.3 cm³/mol. The van der Waals surface area contributed by atoms with Gasteiger partial charge in [0.25, 0.3) is 0 Å². The van der Waals surface area contributed by atoms with Crippen molar-refractivity contribution in [3.63, 3.8) is 0 Å². The van der Waals surface area contributed by atoms with Gasteiger partial charge in [0, 0.05) is 12.1 Å². The normalized spacial score (nSPS) is 33.6. The van der Waals surface area contributed by atoms with Crippen molar-refractivity contribution in [1.29, 1.82) is 0 Å². The lowest BCUT2D eigenvalue weighted by molar-refractivity contribution is 0.175. The number of piperidine rings is 1. The summed E-state index contributed by atoms with van der Waals surface area (Å²) in [5, 5.41) is 2.90. The number of hydrogen-bond donors (Lipinski definition) is 1. The Kier molecular flexibility index (Phi) is 2.96. The number of rotatable bonds is 2. The Bertz CT molecular complexity index is 140. The molecule has 0 saturated carbocycles. The fraction of sp³-hybridized carbons (Fsp3) is 1.00.